The van der Waals surface area contributed by atoms with Gasteiger partial charge in [-0.05, 0) is 25.0 Å². The molecule has 0 spiro atoms. The van der Waals surface area contributed by atoms with Crippen molar-refractivity contribution in [3.63, 3.8) is 0 Å². The quantitative estimate of drug-likeness (QED) is 0.844. The van der Waals surface area contributed by atoms with Gasteiger partial charge in [0.1, 0.15) is 0 Å². The van der Waals surface area contributed by atoms with E-state index in [1.807, 2.05) is 29.6 Å². The van der Waals surface area contributed by atoms with Crippen LogP contribution < -0.4 is 10.6 Å². The Morgan fingerprint density at radius 2 is 2.19 bits per heavy atom. The van der Waals surface area contributed by atoms with E-state index in [0.717, 1.165) is 24.6 Å². The molecule has 1 aromatic rings. The lowest BCUT2D eigenvalue weighted by molar-refractivity contribution is -0.121. The molecule has 5 heteroatoms. The minimum absolute atomic E-state index is 0.190. The average Bonchev–Trinajstić information content (AvgIpc) is 3.27. The Kier molecular flexibility index (Phi) is 5.14. The van der Waals surface area contributed by atoms with Gasteiger partial charge in [0.2, 0.25) is 5.91 Å². The maximum atomic E-state index is 12.1. The van der Waals surface area contributed by atoms with E-state index in [-0.39, 0.29) is 10.7 Å². The highest BCUT2D eigenvalue weighted by molar-refractivity contribution is 8.01. The fourth-order valence-corrected chi connectivity index (χ4v) is 4.69. The summed E-state index contributed by atoms with van der Waals surface area (Å²) in [6.07, 6.45) is 3.01. The van der Waals surface area contributed by atoms with E-state index in [0.29, 0.717) is 12.5 Å². The van der Waals surface area contributed by atoms with Gasteiger partial charge in [0.25, 0.3) is 0 Å². The molecule has 0 bridgehead atoms. The first-order valence-electron chi connectivity index (χ1n) is 7.58. The zero-order chi connectivity index (χ0) is 14.5. The molecule has 1 saturated carbocycles. The summed E-state index contributed by atoms with van der Waals surface area (Å²) in [5, 5.41) is 6.56. The van der Waals surface area contributed by atoms with Crippen molar-refractivity contribution in [2.24, 2.45) is 0 Å². The van der Waals surface area contributed by atoms with Gasteiger partial charge < -0.3 is 10.6 Å². The molecule has 2 N–H and O–H groups in total. The number of thioether (sulfide) groups is 2. The van der Waals surface area contributed by atoms with E-state index >= 15 is 0 Å². The van der Waals surface area contributed by atoms with Gasteiger partial charge in [-0.2, -0.15) is 11.8 Å². The van der Waals surface area contributed by atoms with Crippen LogP contribution in [-0.2, 0) is 4.79 Å². The van der Waals surface area contributed by atoms with Crippen molar-refractivity contribution in [1.82, 2.24) is 10.6 Å². The molecule has 0 aromatic heterocycles. The molecule has 3 nitrogen and oxygen atoms in total. The maximum absolute atomic E-state index is 12.1. The van der Waals surface area contributed by atoms with Gasteiger partial charge in [0.15, 0.2) is 0 Å². The molecule has 1 unspecified atom stereocenters. The monoisotopic (exact) mass is 322 g/mol. The van der Waals surface area contributed by atoms with Crippen molar-refractivity contribution >= 4 is 29.4 Å². The lowest BCUT2D eigenvalue weighted by Crippen LogP contribution is -2.42. The predicted octanol–water partition coefficient (Wildman–Crippen LogP) is 2.52. The van der Waals surface area contributed by atoms with Gasteiger partial charge in [-0.25, -0.2) is 0 Å². The summed E-state index contributed by atoms with van der Waals surface area (Å²) in [4.78, 5) is 13.4. The third-order valence-electron chi connectivity index (χ3n) is 3.92. The van der Waals surface area contributed by atoms with Crippen LogP contribution in [0.25, 0.3) is 0 Å². The van der Waals surface area contributed by atoms with E-state index < -0.39 is 0 Å². The number of amides is 1. The Morgan fingerprint density at radius 1 is 1.38 bits per heavy atom. The van der Waals surface area contributed by atoms with E-state index in [1.165, 1.54) is 17.7 Å². The van der Waals surface area contributed by atoms with E-state index in [1.54, 1.807) is 0 Å². The Morgan fingerprint density at radius 3 is 2.86 bits per heavy atom. The van der Waals surface area contributed by atoms with Gasteiger partial charge in [0, 0.05) is 46.7 Å². The van der Waals surface area contributed by atoms with Crippen molar-refractivity contribution in [3.05, 3.63) is 30.3 Å². The Balaban J connectivity index is 1.42. The zero-order valence-corrected chi connectivity index (χ0v) is 13.8. The molecule has 3 rings (SSSR count). The van der Waals surface area contributed by atoms with Gasteiger partial charge >= 0.3 is 0 Å². The van der Waals surface area contributed by atoms with E-state index in [4.69, 9.17) is 0 Å². The third-order valence-corrected chi connectivity index (χ3v) is 6.55. The third kappa shape index (κ3) is 4.66. The topological polar surface area (TPSA) is 41.1 Å². The van der Waals surface area contributed by atoms with Gasteiger partial charge in [-0.15, -0.1) is 11.8 Å². The molecular formula is C16H22N2OS2. The minimum atomic E-state index is 0.190. The molecule has 1 heterocycles. The van der Waals surface area contributed by atoms with Crippen molar-refractivity contribution in [2.75, 3.05) is 24.6 Å². The number of hydrogen-bond acceptors (Lipinski definition) is 4. The second kappa shape index (κ2) is 7.07. The zero-order valence-electron chi connectivity index (χ0n) is 12.1. The fraction of sp³-hybridized carbons (Fsp3) is 0.562. The van der Waals surface area contributed by atoms with Crippen LogP contribution in [0.5, 0.6) is 0 Å². The summed E-state index contributed by atoms with van der Waals surface area (Å²) < 4.78 is 0.242. The first kappa shape index (κ1) is 15.3. The van der Waals surface area contributed by atoms with Crippen LogP contribution in [0.3, 0.4) is 0 Å². The highest BCUT2D eigenvalue weighted by Gasteiger charge is 2.43. The van der Waals surface area contributed by atoms with Crippen LogP contribution in [-0.4, -0.2) is 41.3 Å². The Bertz CT molecular complexity index is 470. The molecule has 1 amide bonds. The standard InChI is InChI=1S/C16H22N2OS2/c19-15(10-13-11-20-9-8-17-13)18-12-16(6-7-16)21-14-4-2-1-3-5-14/h1-5,13,17H,6-12H2,(H,18,19). The molecular weight excluding hydrogens is 300 g/mol. The molecule has 2 fully saturated rings. The molecule has 114 valence electrons. The number of carbonyl (C=O) groups is 1. The van der Waals surface area contributed by atoms with Crippen LogP contribution in [0.2, 0.25) is 0 Å². The summed E-state index contributed by atoms with van der Waals surface area (Å²) in [5.41, 5.74) is 0. The van der Waals surface area contributed by atoms with Crippen LogP contribution >= 0.6 is 23.5 Å². The number of rotatable bonds is 6. The van der Waals surface area contributed by atoms with Gasteiger partial charge in [0.05, 0.1) is 0 Å². The molecule has 1 saturated heterocycles. The molecule has 1 aromatic carbocycles. The van der Waals surface area contributed by atoms with Crippen LogP contribution in [0.1, 0.15) is 19.3 Å². The number of carbonyl (C=O) groups excluding carboxylic acids is 1. The number of hydrogen-bond donors (Lipinski definition) is 2. The van der Waals surface area contributed by atoms with Gasteiger partial charge in [-0.3, -0.25) is 4.79 Å². The Labute approximate surface area is 135 Å². The smallest absolute Gasteiger partial charge is 0.221 e. The van der Waals surface area contributed by atoms with Crippen molar-refractivity contribution in [3.8, 4) is 0 Å². The van der Waals surface area contributed by atoms with E-state index in [9.17, 15) is 4.79 Å². The number of benzene rings is 1. The summed E-state index contributed by atoms with van der Waals surface area (Å²) in [6, 6.07) is 10.8. The minimum Gasteiger partial charge on any atom is -0.355 e. The van der Waals surface area contributed by atoms with Crippen molar-refractivity contribution < 1.29 is 4.79 Å². The molecule has 2 aliphatic rings. The maximum Gasteiger partial charge on any atom is 0.221 e. The summed E-state index contributed by atoms with van der Waals surface area (Å²) >= 11 is 3.85. The van der Waals surface area contributed by atoms with Crippen molar-refractivity contribution in [2.45, 2.75) is 34.9 Å². The number of nitrogens with one attached hydrogen (secondary N) is 2. The Hall–Kier alpha value is -0.650. The molecule has 0 radical (unpaired) electrons. The largest absolute Gasteiger partial charge is 0.355 e. The molecule has 1 aliphatic heterocycles. The van der Waals surface area contributed by atoms with Crippen LogP contribution in [0, 0.1) is 0 Å². The molecule has 1 aliphatic carbocycles. The summed E-state index contributed by atoms with van der Waals surface area (Å²) in [5.74, 6) is 2.40. The lowest BCUT2D eigenvalue weighted by Gasteiger charge is -2.23. The highest BCUT2D eigenvalue weighted by Crippen LogP contribution is 2.51. The molecule has 21 heavy (non-hydrogen) atoms. The first-order valence-corrected chi connectivity index (χ1v) is 9.55. The normalized spacial score (nSPS) is 23.5. The summed E-state index contributed by atoms with van der Waals surface area (Å²) in [6.45, 7) is 1.82. The predicted molar refractivity (Wildman–Crippen MR) is 91.0 cm³/mol. The SMILES string of the molecule is O=C(CC1CSCCN1)NCC1(Sc2ccccc2)CC1. The van der Waals surface area contributed by atoms with E-state index in [2.05, 4.69) is 34.9 Å². The first-order chi connectivity index (χ1) is 10.3. The average molecular weight is 322 g/mol. The van der Waals surface area contributed by atoms with Crippen molar-refractivity contribution in [1.29, 1.82) is 0 Å². The van der Waals surface area contributed by atoms with Crippen LogP contribution in [0.15, 0.2) is 35.2 Å². The second-order valence-corrected chi connectivity index (χ2v) is 8.50. The lowest BCUT2D eigenvalue weighted by atomic mass is 10.2. The van der Waals surface area contributed by atoms with Crippen LogP contribution in [0.4, 0.5) is 0 Å². The van der Waals surface area contributed by atoms with Gasteiger partial charge in [-0.1, -0.05) is 18.2 Å². The highest BCUT2D eigenvalue weighted by atomic mass is 32.2. The fourth-order valence-electron chi connectivity index (χ4n) is 2.50. The molecule has 1 atom stereocenters. The summed E-state index contributed by atoms with van der Waals surface area (Å²) in [7, 11) is 0. The second-order valence-electron chi connectivity index (χ2n) is 5.80.